The minimum atomic E-state index is -1.83. The van der Waals surface area contributed by atoms with Crippen LogP contribution in [0.1, 0.15) is 70.9 Å². The molecular weight excluding hydrogens is 466 g/mol. The Bertz CT molecular complexity index is 1190. The van der Waals surface area contributed by atoms with E-state index in [4.69, 9.17) is 5.73 Å². The lowest BCUT2D eigenvalue weighted by Gasteiger charge is -2.28. The van der Waals surface area contributed by atoms with E-state index in [-0.39, 0.29) is 6.42 Å². The van der Waals surface area contributed by atoms with E-state index in [1.54, 1.807) is 18.3 Å². The lowest BCUT2D eigenvalue weighted by molar-refractivity contribution is -0.144. The van der Waals surface area contributed by atoms with Gasteiger partial charge in [-0.2, -0.15) is 0 Å². The Hall–Kier alpha value is -3.62. The summed E-state index contributed by atoms with van der Waals surface area (Å²) >= 11 is 0. The van der Waals surface area contributed by atoms with Crippen molar-refractivity contribution >= 4 is 11.9 Å². The third kappa shape index (κ3) is 7.21. The number of nitrogens with one attached hydrogen (secondary N) is 2. The Kier molecular flexibility index (Phi) is 8.98. The first-order valence-corrected chi connectivity index (χ1v) is 12.9. The number of hydrogen-bond acceptors (Lipinski definition) is 6. The molecule has 0 fully saturated rings. The van der Waals surface area contributed by atoms with Gasteiger partial charge in [-0.15, -0.1) is 0 Å². The Morgan fingerprint density at radius 2 is 1.86 bits per heavy atom. The smallest absolute Gasteiger partial charge is 0.344 e. The van der Waals surface area contributed by atoms with E-state index in [0.717, 1.165) is 55.6 Å². The fourth-order valence-electron chi connectivity index (χ4n) is 4.89. The lowest BCUT2D eigenvalue weighted by atomic mass is 9.83. The second-order valence-electron chi connectivity index (χ2n) is 9.70. The molecule has 8 nitrogen and oxygen atoms in total. The van der Waals surface area contributed by atoms with Crippen LogP contribution in [0, 0.1) is 0 Å². The molecule has 1 aromatic carbocycles. The van der Waals surface area contributed by atoms with Gasteiger partial charge in [-0.3, -0.25) is 20.5 Å². The number of rotatable bonds is 12. The summed E-state index contributed by atoms with van der Waals surface area (Å²) in [6.45, 7) is 1.47. The second kappa shape index (κ2) is 12.6. The number of carbonyl (C=O) groups excluding carboxylic acids is 1. The highest BCUT2D eigenvalue weighted by atomic mass is 16.4. The van der Waals surface area contributed by atoms with E-state index < -0.39 is 17.5 Å². The molecule has 2 heterocycles. The van der Waals surface area contributed by atoms with Crippen molar-refractivity contribution in [1.82, 2.24) is 20.6 Å². The van der Waals surface area contributed by atoms with Crippen LogP contribution in [0.3, 0.4) is 0 Å². The third-order valence-corrected chi connectivity index (χ3v) is 6.99. The normalized spacial score (nSPS) is 16.4. The molecule has 1 aliphatic rings. The van der Waals surface area contributed by atoms with Crippen LogP contribution >= 0.6 is 0 Å². The number of benzene rings is 1. The average molecular weight is 502 g/mol. The number of nitrogens with two attached hydrogens (primary N) is 1. The van der Waals surface area contributed by atoms with Crippen LogP contribution in [-0.2, 0) is 24.2 Å². The molecule has 4 rings (SSSR count). The summed E-state index contributed by atoms with van der Waals surface area (Å²) in [7, 11) is 0. The fraction of sp³-hybridized carbons (Fsp3) is 0.379. The molecule has 0 saturated carbocycles. The highest BCUT2D eigenvalue weighted by Gasteiger charge is 2.36. The maximum absolute atomic E-state index is 12.8. The minimum Gasteiger partial charge on any atom is -0.478 e. The summed E-state index contributed by atoms with van der Waals surface area (Å²) in [4.78, 5) is 33.7. The molecule has 2 atom stereocenters. The van der Waals surface area contributed by atoms with Crippen molar-refractivity contribution in [2.45, 2.75) is 63.1 Å². The molecule has 8 heteroatoms. The van der Waals surface area contributed by atoms with Crippen LogP contribution in [0.25, 0.3) is 0 Å². The summed E-state index contributed by atoms with van der Waals surface area (Å²) in [5, 5.41) is 15.7. The number of aliphatic carboxylic acids is 1. The standard InChI is InChI=1S/C29H35N5O3/c30-29(28(36)37,16-4-8-22-6-3-7-23-9-5-18-33-26(22)23)34-27(35)24-13-11-21(12-14-24)15-19-31-20-25-10-1-2-17-32-25/h1-2,5,9-14,17-18,22,31H,3-4,6-8,15-16,19-20,30H2,(H,34,35)(H,36,37)/t22?,29-/m0/s1. The van der Waals surface area contributed by atoms with Crippen molar-refractivity contribution in [2.75, 3.05) is 6.54 Å². The Labute approximate surface area is 217 Å². The monoisotopic (exact) mass is 501 g/mol. The zero-order chi connectivity index (χ0) is 26.1. The van der Waals surface area contributed by atoms with E-state index in [0.29, 0.717) is 24.4 Å². The number of carboxylic acid groups (broad SMARTS) is 1. The molecule has 0 spiro atoms. The van der Waals surface area contributed by atoms with Crippen molar-refractivity contribution in [1.29, 1.82) is 0 Å². The van der Waals surface area contributed by atoms with Crippen molar-refractivity contribution in [3.63, 3.8) is 0 Å². The maximum atomic E-state index is 12.8. The number of carboxylic acids is 1. The highest BCUT2D eigenvalue weighted by molar-refractivity contribution is 5.97. The van der Waals surface area contributed by atoms with Gasteiger partial charge in [0, 0.05) is 36.1 Å². The molecule has 194 valence electrons. The molecule has 3 aromatic rings. The van der Waals surface area contributed by atoms with Gasteiger partial charge in [0.15, 0.2) is 5.66 Å². The van der Waals surface area contributed by atoms with E-state index in [1.165, 1.54) is 5.56 Å². The SMILES string of the molecule is N[C@@](CCCC1CCCc2cccnc21)(NC(=O)c1ccc(CCNCc2ccccn2)cc1)C(=O)O. The quantitative estimate of drug-likeness (QED) is 0.220. The number of pyridine rings is 2. The van der Waals surface area contributed by atoms with Gasteiger partial charge in [0.05, 0.1) is 5.69 Å². The number of carbonyl (C=O) groups is 2. The zero-order valence-electron chi connectivity index (χ0n) is 21.0. The number of hydrogen-bond donors (Lipinski definition) is 4. The first kappa shape index (κ1) is 26.4. The van der Waals surface area contributed by atoms with E-state index in [2.05, 4.69) is 26.7 Å². The van der Waals surface area contributed by atoms with Crippen molar-refractivity contribution in [2.24, 2.45) is 5.73 Å². The van der Waals surface area contributed by atoms with Gasteiger partial charge < -0.3 is 15.7 Å². The number of aromatic nitrogens is 2. The van der Waals surface area contributed by atoms with E-state index in [1.807, 2.05) is 42.6 Å². The van der Waals surface area contributed by atoms with Gasteiger partial charge in [0.1, 0.15) is 0 Å². The molecule has 0 aliphatic heterocycles. The number of nitrogens with zero attached hydrogens (tertiary/aromatic N) is 2. The van der Waals surface area contributed by atoms with Gasteiger partial charge in [-0.25, -0.2) is 4.79 Å². The van der Waals surface area contributed by atoms with Crippen molar-refractivity contribution < 1.29 is 14.7 Å². The molecule has 1 unspecified atom stereocenters. The molecule has 37 heavy (non-hydrogen) atoms. The maximum Gasteiger partial charge on any atom is 0.344 e. The van der Waals surface area contributed by atoms with Crippen molar-refractivity contribution in [3.8, 4) is 0 Å². The molecule has 2 aromatic heterocycles. The van der Waals surface area contributed by atoms with Crippen LogP contribution in [-0.4, -0.2) is 39.2 Å². The second-order valence-corrected chi connectivity index (χ2v) is 9.70. The predicted molar refractivity (Wildman–Crippen MR) is 142 cm³/mol. The summed E-state index contributed by atoms with van der Waals surface area (Å²) in [5.74, 6) is -1.43. The Morgan fingerprint density at radius 3 is 2.62 bits per heavy atom. The molecule has 1 aliphatic carbocycles. The summed E-state index contributed by atoms with van der Waals surface area (Å²) in [6.07, 6.45) is 9.06. The molecule has 0 radical (unpaired) electrons. The molecule has 0 saturated heterocycles. The van der Waals surface area contributed by atoms with Crippen LogP contribution in [0.15, 0.2) is 67.0 Å². The lowest BCUT2D eigenvalue weighted by Crippen LogP contribution is -2.61. The van der Waals surface area contributed by atoms with Gasteiger partial charge in [-0.1, -0.05) is 24.3 Å². The van der Waals surface area contributed by atoms with Crippen LogP contribution in [0.4, 0.5) is 0 Å². The van der Waals surface area contributed by atoms with Crippen LogP contribution in [0.5, 0.6) is 0 Å². The number of fused-ring (bicyclic) bond motifs is 1. The largest absolute Gasteiger partial charge is 0.478 e. The van der Waals surface area contributed by atoms with Gasteiger partial charge in [-0.05, 0) is 92.9 Å². The molecule has 5 N–H and O–H groups in total. The Morgan fingerprint density at radius 1 is 1.05 bits per heavy atom. The summed E-state index contributed by atoms with van der Waals surface area (Å²) < 4.78 is 0. The van der Waals surface area contributed by atoms with Crippen LogP contribution in [0.2, 0.25) is 0 Å². The topological polar surface area (TPSA) is 130 Å². The summed E-state index contributed by atoms with van der Waals surface area (Å²) in [5.41, 5.74) is 9.19. The minimum absolute atomic E-state index is 0.146. The fourth-order valence-corrected chi connectivity index (χ4v) is 4.89. The van der Waals surface area contributed by atoms with Crippen molar-refractivity contribution in [3.05, 3.63) is 95.1 Å². The molecule has 0 bridgehead atoms. The summed E-state index contributed by atoms with van der Waals surface area (Å²) in [6, 6.07) is 17.1. The van der Waals surface area contributed by atoms with Gasteiger partial charge >= 0.3 is 5.97 Å². The zero-order valence-corrected chi connectivity index (χ0v) is 21.0. The first-order chi connectivity index (χ1) is 17.9. The van der Waals surface area contributed by atoms with E-state index >= 15 is 0 Å². The van der Waals surface area contributed by atoms with E-state index in [9.17, 15) is 14.7 Å². The van der Waals surface area contributed by atoms with Gasteiger partial charge in [0.2, 0.25) is 0 Å². The first-order valence-electron chi connectivity index (χ1n) is 12.9. The number of aryl methyl sites for hydroxylation is 1. The molecule has 1 amide bonds. The Balaban J connectivity index is 1.26. The highest BCUT2D eigenvalue weighted by Crippen LogP contribution is 2.34. The molecular formula is C29H35N5O3. The third-order valence-electron chi connectivity index (χ3n) is 6.99. The van der Waals surface area contributed by atoms with Crippen LogP contribution < -0.4 is 16.4 Å². The van der Waals surface area contributed by atoms with Gasteiger partial charge in [0.25, 0.3) is 5.91 Å². The number of amides is 1. The predicted octanol–water partition coefficient (Wildman–Crippen LogP) is 3.57. The average Bonchev–Trinajstić information content (AvgIpc) is 2.92.